The Hall–Kier alpha value is -1.36. The topological polar surface area (TPSA) is 21.6 Å². The summed E-state index contributed by atoms with van der Waals surface area (Å²) in [5, 5.41) is 0. The number of hydrogen-bond acceptors (Lipinski definition) is 2. The first kappa shape index (κ1) is 15.5. The predicted molar refractivity (Wildman–Crippen MR) is 91.5 cm³/mol. The summed E-state index contributed by atoms with van der Waals surface area (Å²) in [5.41, 5.74) is 1.91. The van der Waals surface area contributed by atoms with Crippen LogP contribution in [0.1, 0.15) is 17.2 Å². The van der Waals surface area contributed by atoms with Gasteiger partial charge in [0, 0.05) is 0 Å². The van der Waals surface area contributed by atoms with Gasteiger partial charge in [-0.1, -0.05) is 0 Å². The average Bonchev–Trinajstić information content (AvgIpc) is 3.00. The molecule has 0 bridgehead atoms. The first-order valence-corrected chi connectivity index (χ1v) is 15.9. The van der Waals surface area contributed by atoms with E-state index in [2.05, 4.69) is 39.1 Å². The molecule has 2 nitrogen and oxygen atoms in total. The maximum absolute atomic E-state index is 13.4. The van der Waals surface area contributed by atoms with E-state index < -0.39 is 32.5 Å². The molecule has 2 atom stereocenters. The molecular formula is C18H20FNOSn. The van der Waals surface area contributed by atoms with Gasteiger partial charge in [0.15, 0.2) is 0 Å². The molecule has 0 amide bonds. The van der Waals surface area contributed by atoms with Crippen LogP contribution in [0.25, 0.3) is 0 Å². The van der Waals surface area contributed by atoms with E-state index in [1.54, 1.807) is 0 Å². The Labute approximate surface area is 137 Å². The van der Waals surface area contributed by atoms with Crippen molar-refractivity contribution in [3.8, 4) is 0 Å². The molecular weight excluding hydrogens is 384 g/mol. The van der Waals surface area contributed by atoms with Crippen molar-refractivity contribution >= 4 is 29.2 Å². The Bertz CT molecular complexity index is 655. The van der Waals surface area contributed by atoms with Gasteiger partial charge in [0.2, 0.25) is 0 Å². The van der Waals surface area contributed by atoms with Crippen LogP contribution in [0.3, 0.4) is 0 Å². The third-order valence-electron chi connectivity index (χ3n) is 3.98. The summed E-state index contributed by atoms with van der Waals surface area (Å²) in [6.45, 7) is -0.508. The first-order chi connectivity index (χ1) is 10.7. The first-order valence-electron chi connectivity index (χ1n) is 7.64. The molecule has 0 spiro atoms. The van der Waals surface area contributed by atoms with Gasteiger partial charge in [0.1, 0.15) is 0 Å². The molecule has 0 fully saturated rings. The van der Waals surface area contributed by atoms with Gasteiger partial charge in [-0.2, -0.15) is 0 Å². The quantitative estimate of drug-likeness (QED) is 0.718. The van der Waals surface area contributed by atoms with Crippen molar-refractivity contribution in [1.82, 2.24) is 0 Å². The second-order valence-electron chi connectivity index (χ2n) is 5.88. The molecule has 1 aliphatic rings. The van der Waals surface area contributed by atoms with Crippen molar-refractivity contribution < 1.29 is 9.13 Å². The fourth-order valence-electron chi connectivity index (χ4n) is 2.65. The Morgan fingerprint density at radius 2 is 1.73 bits per heavy atom. The molecule has 2 aromatic carbocycles. The molecule has 3 rings (SSSR count). The van der Waals surface area contributed by atoms with E-state index in [1.807, 2.05) is 30.3 Å². The van der Waals surface area contributed by atoms with E-state index in [0.29, 0.717) is 5.90 Å². The number of benzene rings is 2. The molecule has 1 aliphatic heterocycles. The van der Waals surface area contributed by atoms with Crippen molar-refractivity contribution in [3.05, 3.63) is 65.7 Å². The Morgan fingerprint density at radius 1 is 1.05 bits per heavy atom. The van der Waals surface area contributed by atoms with E-state index in [9.17, 15) is 4.39 Å². The number of aliphatic imine (C=N–C) groups is 1. The Morgan fingerprint density at radius 3 is 2.32 bits per heavy atom. The van der Waals surface area contributed by atoms with E-state index in [4.69, 9.17) is 4.74 Å². The summed E-state index contributed by atoms with van der Waals surface area (Å²) >= 11 is -1.47. The van der Waals surface area contributed by atoms with Gasteiger partial charge < -0.3 is 0 Å². The maximum atomic E-state index is 13.4. The second-order valence-corrected chi connectivity index (χ2v) is 14.4. The molecule has 2 aromatic rings. The van der Waals surface area contributed by atoms with Gasteiger partial charge in [0.05, 0.1) is 0 Å². The zero-order valence-corrected chi connectivity index (χ0v) is 16.2. The van der Waals surface area contributed by atoms with E-state index in [-0.39, 0.29) is 6.10 Å². The van der Waals surface area contributed by atoms with Crippen LogP contribution in [0.4, 0.5) is 4.39 Å². The van der Waals surface area contributed by atoms with Crippen LogP contribution in [0.5, 0.6) is 0 Å². The minimum atomic E-state index is -1.47. The van der Waals surface area contributed by atoms with Crippen molar-refractivity contribution in [2.75, 3.05) is 6.67 Å². The van der Waals surface area contributed by atoms with Crippen LogP contribution in [-0.4, -0.2) is 38.4 Å². The fourth-order valence-corrected chi connectivity index (χ4v) is 5.39. The third kappa shape index (κ3) is 3.19. The molecule has 0 unspecified atom stereocenters. The monoisotopic (exact) mass is 405 g/mol. The number of rotatable bonds is 4. The van der Waals surface area contributed by atoms with Gasteiger partial charge in [-0.15, -0.1) is 0 Å². The Kier molecular flexibility index (Phi) is 4.81. The zero-order chi connectivity index (χ0) is 15.5. The molecule has 0 N–H and O–H groups in total. The summed E-state index contributed by atoms with van der Waals surface area (Å²) in [4.78, 5) is 9.15. The molecule has 0 aromatic heterocycles. The van der Waals surface area contributed by atoms with Crippen molar-refractivity contribution in [2.24, 2.45) is 4.99 Å². The van der Waals surface area contributed by atoms with E-state index in [1.165, 1.54) is 3.58 Å². The molecule has 0 saturated heterocycles. The van der Waals surface area contributed by atoms with Gasteiger partial charge in [0.25, 0.3) is 0 Å². The van der Waals surface area contributed by atoms with Crippen LogP contribution < -0.4 is 3.58 Å². The predicted octanol–water partition coefficient (Wildman–Crippen LogP) is 3.24. The summed E-state index contributed by atoms with van der Waals surface area (Å²) in [6, 6.07) is 17.7. The molecule has 0 saturated carbocycles. The van der Waals surface area contributed by atoms with Crippen LogP contribution in [0, 0.1) is 0 Å². The molecule has 22 heavy (non-hydrogen) atoms. The van der Waals surface area contributed by atoms with Crippen LogP contribution in [-0.2, 0) is 4.74 Å². The van der Waals surface area contributed by atoms with Crippen molar-refractivity contribution in [2.45, 2.75) is 22.0 Å². The van der Waals surface area contributed by atoms with Crippen LogP contribution in [0.2, 0.25) is 9.88 Å². The van der Waals surface area contributed by atoms with Gasteiger partial charge in [-0.05, 0) is 0 Å². The standard InChI is InChI=1S/C16H13FNO.2CH3.Sn.H/c17-11-14-15(12-7-3-1-4-8-12)19-16(18-14)13-9-5-2-6-10-13;;;;/h2-10,14-15H,11H2;2*1H3;;/t14-,15-;;;;/m1..../s1. The number of nitrogens with zero attached hydrogens (tertiary/aromatic N) is 1. The SMILES string of the molecule is [CH3][SnH]([CH3])[c]1ccc([C@H]2OC(c3ccccc3)=N[C@@H]2CF)cc1. The zero-order valence-electron chi connectivity index (χ0n) is 12.9. The molecule has 114 valence electrons. The molecule has 0 radical (unpaired) electrons. The number of hydrogen-bond donors (Lipinski definition) is 0. The summed E-state index contributed by atoms with van der Waals surface area (Å²) in [5.74, 6) is 0.542. The van der Waals surface area contributed by atoms with Crippen LogP contribution >= 0.6 is 0 Å². The summed E-state index contributed by atoms with van der Waals surface area (Å²) in [7, 11) is 0. The van der Waals surface area contributed by atoms with Gasteiger partial charge >= 0.3 is 138 Å². The van der Waals surface area contributed by atoms with Gasteiger partial charge in [-0.3, -0.25) is 0 Å². The second kappa shape index (κ2) is 6.82. The van der Waals surface area contributed by atoms with Crippen LogP contribution in [0.15, 0.2) is 59.6 Å². The summed E-state index contributed by atoms with van der Waals surface area (Å²) < 4.78 is 20.8. The van der Waals surface area contributed by atoms with Crippen molar-refractivity contribution in [3.63, 3.8) is 0 Å². The molecule has 1 heterocycles. The van der Waals surface area contributed by atoms with Gasteiger partial charge in [-0.25, -0.2) is 0 Å². The van der Waals surface area contributed by atoms with E-state index in [0.717, 1.165) is 11.1 Å². The Balaban J connectivity index is 1.83. The number of alkyl halides is 1. The normalized spacial score (nSPS) is 20.8. The number of ether oxygens (including phenoxy) is 1. The molecule has 4 heteroatoms. The van der Waals surface area contributed by atoms with Crippen molar-refractivity contribution in [1.29, 1.82) is 0 Å². The average molecular weight is 404 g/mol. The fraction of sp³-hybridized carbons (Fsp3) is 0.278. The minimum absolute atomic E-state index is 0.323. The van der Waals surface area contributed by atoms with E-state index >= 15 is 0 Å². The number of halogens is 1. The summed E-state index contributed by atoms with van der Waals surface area (Å²) in [6.07, 6.45) is -0.323. The molecule has 0 aliphatic carbocycles. The third-order valence-corrected chi connectivity index (χ3v) is 8.89.